The monoisotopic (exact) mass is 319 g/mol. The Morgan fingerprint density at radius 1 is 1.04 bits per heavy atom. The van der Waals surface area contributed by atoms with Crippen molar-refractivity contribution in [3.8, 4) is 11.1 Å². The number of rotatable bonds is 3. The van der Waals surface area contributed by atoms with Gasteiger partial charge in [0.2, 0.25) is 0 Å². The fraction of sp³-hybridized carbons (Fsp3) is 0.190. The van der Waals surface area contributed by atoms with E-state index in [1.807, 2.05) is 19.1 Å². The summed E-state index contributed by atoms with van der Waals surface area (Å²) in [5, 5.41) is 2.14. The summed E-state index contributed by atoms with van der Waals surface area (Å²) < 4.78 is 4.85. The number of esters is 1. The lowest BCUT2D eigenvalue weighted by Crippen LogP contribution is -2.04. The van der Waals surface area contributed by atoms with Crippen LogP contribution in [0.15, 0.2) is 54.6 Å². The summed E-state index contributed by atoms with van der Waals surface area (Å²) >= 11 is 0. The first-order valence-electron chi connectivity index (χ1n) is 7.99. The molecule has 0 aliphatic rings. The average molecular weight is 319 g/mol. The van der Waals surface area contributed by atoms with E-state index in [0.29, 0.717) is 5.56 Å². The van der Waals surface area contributed by atoms with Crippen molar-refractivity contribution in [1.82, 2.24) is 0 Å². The number of carbonyl (C=O) groups excluding carboxylic acids is 1. The largest absolute Gasteiger partial charge is 0.465 e. The number of nitrogens with two attached hydrogens (primary N) is 1. The molecule has 3 nitrogen and oxygen atoms in total. The highest BCUT2D eigenvalue weighted by atomic mass is 16.5. The first kappa shape index (κ1) is 16.2. The van der Waals surface area contributed by atoms with Crippen LogP contribution in [0.4, 0.5) is 0 Å². The van der Waals surface area contributed by atoms with Crippen LogP contribution in [0.1, 0.15) is 34.5 Å². The summed E-state index contributed by atoms with van der Waals surface area (Å²) in [4.78, 5) is 11.9. The molecule has 0 fully saturated rings. The van der Waals surface area contributed by atoms with Crippen LogP contribution in [0.25, 0.3) is 21.9 Å². The third kappa shape index (κ3) is 2.91. The van der Waals surface area contributed by atoms with E-state index in [1.54, 1.807) is 6.07 Å². The van der Waals surface area contributed by atoms with Crippen molar-refractivity contribution in [2.24, 2.45) is 5.73 Å². The predicted octanol–water partition coefficient (Wildman–Crippen LogP) is 4.62. The number of ether oxygens (including phenoxy) is 1. The van der Waals surface area contributed by atoms with Crippen LogP contribution < -0.4 is 5.73 Å². The van der Waals surface area contributed by atoms with Gasteiger partial charge in [-0.1, -0.05) is 42.5 Å². The highest BCUT2D eigenvalue weighted by molar-refractivity contribution is 6.02. The average Bonchev–Trinajstić information content (AvgIpc) is 2.60. The van der Waals surface area contributed by atoms with Crippen molar-refractivity contribution in [3.05, 3.63) is 71.3 Å². The second-order valence-corrected chi connectivity index (χ2v) is 6.10. The molecule has 0 aliphatic heterocycles. The molecule has 3 aromatic carbocycles. The maximum absolute atomic E-state index is 11.9. The van der Waals surface area contributed by atoms with Gasteiger partial charge in [-0.25, -0.2) is 4.79 Å². The molecule has 3 aromatic rings. The molecule has 0 radical (unpaired) electrons. The highest BCUT2D eigenvalue weighted by Crippen LogP contribution is 2.33. The number of fused-ring (bicyclic) bond motifs is 1. The van der Waals surface area contributed by atoms with Gasteiger partial charge in [-0.3, -0.25) is 0 Å². The zero-order chi connectivity index (χ0) is 17.3. The molecular weight excluding hydrogens is 298 g/mol. The Morgan fingerprint density at radius 3 is 2.33 bits per heavy atom. The molecular formula is C21H21NO2. The van der Waals surface area contributed by atoms with E-state index in [2.05, 4.69) is 43.3 Å². The van der Waals surface area contributed by atoms with Crippen molar-refractivity contribution >= 4 is 16.7 Å². The SMILES string of the molecule is COC(=O)c1ccc2ccc(C)c(-c3ccc(C(C)N)cc3)c2c1. The van der Waals surface area contributed by atoms with E-state index >= 15 is 0 Å². The molecule has 2 N–H and O–H groups in total. The number of hydrogen-bond acceptors (Lipinski definition) is 3. The Morgan fingerprint density at radius 2 is 1.71 bits per heavy atom. The van der Waals surface area contributed by atoms with Crippen LogP contribution in [-0.4, -0.2) is 13.1 Å². The summed E-state index contributed by atoms with van der Waals surface area (Å²) in [7, 11) is 1.40. The molecule has 0 spiro atoms. The molecule has 0 saturated heterocycles. The van der Waals surface area contributed by atoms with Gasteiger partial charge in [-0.2, -0.15) is 0 Å². The van der Waals surface area contributed by atoms with E-state index in [9.17, 15) is 4.79 Å². The van der Waals surface area contributed by atoms with Gasteiger partial charge in [0, 0.05) is 6.04 Å². The predicted molar refractivity (Wildman–Crippen MR) is 98.1 cm³/mol. The van der Waals surface area contributed by atoms with Gasteiger partial charge in [0.05, 0.1) is 12.7 Å². The van der Waals surface area contributed by atoms with Crippen molar-refractivity contribution in [2.45, 2.75) is 19.9 Å². The van der Waals surface area contributed by atoms with E-state index in [-0.39, 0.29) is 12.0 Å². The van der Waals surface area contributed by atoms with Crippen LogP contribution in [0.3, 0.4) is 0 Å². The van der Waals surface area contributed by atoms with E-state index in [4.69, 9.17) is 10.5 Å². The summed E-state index contributed by atoms with van der Waals surface area (Å²) in [5.41, 5.74) is 11.0. The van der Waals surface area contributed by atoms with E-state index in [1.165, 1.54) is 7.11 Å². The summed E-state index contributed by atoms with van der Waals surface area (Å²) in [6.45, 7) is 4.06. The Balaban J connectivity index is 2.21. The maximum atomic E-state index is 11.9. The number of aryl methyl sites for hydroxylation is 1. The molecule has 122 valence electrons. The van der Waals surface area contributed by atoms with Crippen LogP contribution in [0.2, 0.25) is 0 Å². The van der Waals surface area contributed by atoms with Crippen molar-refractivity contribution in [3.63, 3.8) is 0 Å². The van der Waals surface area contributed by atoms with Gasteiger partial charge in [0.15, 0.2) is 0 Å². The van der Waals surface area contributed by atoms with Crippen molar-refractivity contribution < 1.29 is 9.53 Å². The minimum atomic E-state index is -0.323. The molecule has 0 bridgehead atoms. The molecule has 3 rings (SSSR count). The van der Waals surface area contributed by atoms with E-state index < -0.39 is 0 Å². The van der Waals surface area contributed by atoms with Crippen LogP contribution in [0.5, 0.6) is 0 Å². The topological polar surface area (TPSA) is 52.3 Å². The van der Waals surface area contributed by atoms with Crippen LogP contribution >= 0.6 is 0 Å². The third-order valence-corrected chi connectivity index (χ3v) is 4.38. The molecule has 1 unspecified atom stereocenters. The maximum Gasteiger partial charge on any atom is 0.337 e. The first-order chi connectivity index (χ1) is 11.5. The third-order valence-electron chi connectivity index (χ3n) is 4.38. The molecule has 3 heteroatoms. The summed E-state index contributed by atoms with van der Waals surface area (Å²) in [6.07, 6.45) is 0. The second kappa shape index (κ2) is 6.46. The Labute approximate surface area is 142 Å². The number of hydrogen-bond donors (Lipinski definition) is 1. The lowest BCUT2D eigenvalue weighted by molar-refractivity contribution is 0.0601. The number of benzene rings is 3. The lowest BCUT2D eigenvalue weighted by atomic mass is 9.92. The molecule has 0 amide bonds. The van der Waals surface area contributed by atoms with Crippen molar-refractivity contribution in [1.29, 1.82) is 0 Å². The summed E-state index contributed by atoms with van der Waals surface area (Å²) in [5.74, 6) is -0.323. The second-order valence-electron chi connectivity index (χ2n) is 6.10. The van der Waals surface area contributed by atoms with Crippen molar-refractivity contribution in [2.75, 3.05) is 7.11 Å². The van der Waals surface area contributed by atoms with E-state index in [0.717, 1.165) is 33.0 Å². The smallest absolute Gasteiger partial charge is 0.337 e. The molecule has 1 atom stereocenters. The summed E-state index contributed by atoms with van der Waals surface area (Å²) in [6, 6.07) is 18.1. The Hall–Kier alpha value is -2.65. The van der Waals surface area contributed by atoms with Gasteiger partial charge in [0.1, 0.15) is 0 Å². The number of methoxy groups -OCH3 is 1. The Bertz CT molecular complexity index is 896. The quantitative estimate of drug-likeness (QED) is 0.717. The Kier molecular flexibility index (Phi) is 4.36. The minimum Gasteiger partial charge on any atom is -0.465 e. The molecule has 24 heavy (non-hydrogen) atoms. The van der Waals surface area contributed by atoms with Crippen LogP contribution in [-0.2, 0) is 4.74 Å². The van der Waals surface area contributed by atoms with Gasteiger partial charge >= 0.3 is 5.97 Å². The fourth-order valence-electron chi connectivity index (χ4n) is 3.01. The molecule has 0 aliphatic carbocycles. The normalized spacial score (nSPS) is 12.2. The van der Waals surface area contributed by atoms with Gasteiger partial charge in [0.25, 0.3) is 0 Å². The molecule has 0 heterocycles. The highest BCUT2D eigenvalue weighted by Gasteiger charge is 2.12. The van der Waals surface area contributed by atoms with Crippen LogP contribution in [0, 0.1) is 6.92 Å². The van der Waals surface area contributed by atoms with Gasteiger partial charge in [-0.05, 0) is 59.0 Å². The van der Waals surface area contributed by atoms with Gasteiger partial charge < -0.3 is 10.5 Å². The van der Waals surface area contributed by atoms with Gasteiger partial charge in [-0.15, -0.1) is 0 Å². The zero-order valence-electron chi connectivity index (χ0n) is 14.2. The minimum absolute atomic E-state index is 0.0126. The zero-order valence-corrected chi connectivity index (χ0v) is 14.2. The number of carbonyl (C=O) groups is 1. The molecule has 0 saturated carbocycles. The first-order valence-corrected chi connectivity index (χ1v) is 7.99. The lowest BCUT2D eigenvalue weighted by Gasteiger charge is -2.13. The molecule has 0 aromatic heterocycles. The standard InChI is InChI=1S/C21H21NO2/c1-13-4-5-16-8-11-18(21(23)24-3)12-19(16)20(13)17-9-6-15(7-10-17)14(2)22/h4-12,14H,22H2,1-3H3. The fourth-order valence-corrected chi connectivity index (χ4v) is 3.01.